The van der Waals surface area contributed by atoms with Gasteiger partial charge in [-0.3, -0.25) is 9.59 Å². The highest BCUT2D eigenvalue weighted by molar-refractivity contribution is 7.13. The fraction of sp³-hybridized carbons (Fsp3) is 0.636. The minimum absolute atomic E-state index is 0.0691. The quantitative estimate of drug-likeness (QED) is 0.891. The Kier molecular flexibility index (Phi) is 4.24. The van der Waals surface area contributed by atoms with Crippen molar-refractivity contribution in [2.24, 2.45) is 5.92 Å². The number of anilines is 1. The number of carbonyl (C=O) groups is 2. The number of hydrogen-bond donors (Lipinski definition) is 1. The number of aromatic nitrogens is 2. The van der Waals surface area contributed by atoms with Gasteiger partial charge in [-0.15, -0.1) is 10.2 Å². The molecule has 7 heteroatoms. The van der Waals surface area contributed by atoms with Gasteiger partial charge in [0.15, 0.2) is 0 Å². The lowest BCUT2D eigenvalue weighted by Gasteiger charge is -2.31. The van der Waals surface area contributed by atoms with Crippen molar-refractivity contribution in [3.05, 3.63) is 5.51 Å². The van der Waals surface area contributed by atoms with Crippen molar-refractivity contribution >= 4 is 28.3 Å². The Morgan fingerprint density at radius 1 is 1.61 bits per heavy atom. The molecule has 0 spiro atoms. The molecule has 1 aliphatic rings. The fourth-order valence-corrected chi connectivity index (χ4v) is 2.52. The summed E-state index contributed by atoms with van der Waals surface area (Å²) in [5, 5.41) is 10.7. The molecular weight excluding hydrogens is 252 g/mol. The number of nitrogens with one attached hydrogen (secondary N) is 1. The average Bonchev–Trinajstić information content (AvgIpc) is 2.90. The molecule has 1 saturated heterocycles. The summed E-state index contributed by atoms with van der Waals surface area (Å²) in [7, 11) is 0. The number of nitrogens with zero attached hydrogens (tertiary/aromatic N) is 3. The van der Waals surface area contributed by atoms with Crippen LogP contribution in [0.4, 0.5) is 5.13 Å². The third-order valence-electron chi connectivity index (χ3n) is 3.04. The summed E-state index contributed by atoms with van der Waals surface area (Å²) in [5.41, 5.74) is 1.57. The van der Waals surface area contributed by atoms with E-state index < -0.39 is 0 Å². The Bertz CT molecular complexity index is 421. The fourth-order valence-electron chi connectivity index (χ4n) is 2.08. The van der Waals surface area contributed by atoms with Gasteiger partial charge in [0.1, 0.15) is 5.51 Å². The largest absolute Gasteiger partial charge is 0.342 e. The summed E-state index contributed by atoms with van der Waals surface area (Å²) in [6.45, 7) is 3.11. The molecule has 2 amide bonds. The highest BCUT2D eigenvalue weighted by Gasteiger charge is 2.28. The van der Waals surface area contributed by atoms with Crippen molar-refractivity contribution in [1.29, 1.82) is 0 Å². The molecule has 1 aliphatic heterocycles. The molecule has 1 unspecified atom stereocenters. The third-order valence-corrected chi connectivity index (χ3v) is 3.64. The predicted octanol–water partition coefficient (Wildman–Crippen LogP) is 1.13. The third kappa shape index (κ3) is 3.04. The van der Waals surface area contributed by atoms with Crippen LogP contribution in [-0.2, 0) is 9.59 Å². The average molecular weight is 268 g/mol. The Hall–Kier alpha value is -1.50. The number of carbonyl (C=O) groups excluding carboxylic acids is 2. The lowest BCUT2D eigenvalue weighted by Crippen LogP contribution is -2.43. The molecule has 1 fully saturated rings. The Labute approximate surface area is 109 Å². The van der Waals surface area contributed by atoms with Gasteiger partial charge in [0.2, 0.25) is 16.9 Å². The maximum atomic E-state index is 12.0. The summed E-state index contributed by atoms with van der Waals surface area (Å²) in [6, 6.07) is 0. The molecule has 18 heavy (non-hydrogen) atoms. The number of piperidine rings is 1. The van der Waals surface area contributed by atoms with Crippen LogP contribution < -0.4 is 5.32 Å². The van der Waals surface area contributed by atoms with E-state index in [0.29, 0.717) is 18.1 Å². The van der Waals surface area contributed by atoms with E-state index in [9.17, 15) is 9.59 Å². The first kappa shape index (κ1) is 12.9. The topological polar surface area (TPSA) is 75.2 Å². The minimum Gasteiger partial charge on any atom is -0.342 e. The van der Waals surface area contributed by atoms with Gasteiger partial charge in [-0.1, -0.05) is 18.3 Å². The molecule has 6 nitrogen and oxygen atoms in total. The lowest BCUT2D eigenvalue weighted by molar-refractivity contribution is -0.134. The SMILES string of the molecule is CCC(=O)N1CCCC(C(=O)Nc2nncs2)C1. The monoisotopic (exact) mass is 268 g/mol. The van der Waals surface area contributed by atoms with E-state index in [0.717, 1.165) is 19.4 Å². The summed E-state index contributed by atoms with van der Waals surface area (Å²) in [4.78, 5) is 25.4. The maximum absolute atomic E-state index is 12.0. The highest BCUT2D eigenvalue weighted by atomic mass is 32.1. The molecular formula is C11H16N4O2S. The van der Waals surface area contributed by atoms with Crippen LogP contribution in [0.25, 0.3) is 0 Å². The Morgan fingerprint density at radius 3 is 3.11 bits per heavy atom. The van der Waals surface area contributed by atoms with Crippen LogP contribution in [0.5, 0.6) is 0 Å². The molecule has 0 radical (unpaired) electrons. The normalized spacial score (nSPS) is 19.6. The Balaban J connectivity index is 1.92. The highest BCUT2D eigenvalue weighted by Crippen LogP contribution is 2.19. The van der Waals surface area contributed by atoms with Crippen molar-refractivity contribution in [2.45, 2.75) is 26.2 Å². The van der Waals surface area contributed by atoms with Crippen LogP contribution in [0.3, 0.4) is 0 Å². The minimum atomic E-state index is -0.141. The van der Waals surface area contributed by atoms with Gasteiger partial charge in [0.05, 0.1) is 5.92 Å². The Morgan fingerprint density at radius 2 is 2.44 bits per heavy atom. The predicted molar refractivity (Wildman–Crippen MR) is 68.1 cm³/mol. The zero-order valence-electron chi connectivity index (χ0n) is 10.3. The van der Waals surface area contributed by atoms with Crippen molar-refractivity contribution in [3.63, 3.8) is 0 Å². The van der Waals surface area contributed by atoms with Gasteiger partial charge in [-0.05, 0) is 12.8 Å². The number of likely N-dealkylation sites (tertiary alicyclic amines) is 1. The summed E-state index contributed by atoms with van der Waals surface area (Å²) in [5.74, 6) is -0.0954. The molecule has 1 atom stereocenters. The van der Waals surface area contributed by atoms with Gasteiger partial charge in [-0.2, -0.15) is 0 Å². The van der Waals surface area contributed by atoms with E-state index >= 15 is 0 Å². The standard InChI is InChI=1S/C11H16N4O2S/c1-2-9(16)15-5-3-4-8(6-15)10(17)13-11-14-12-7-18-11/h7-8H,2-6H2,1H3,(H,13,14,17). The zero-order valence-corrected chi connectivity index (χ0v) is 11.1. The molecule has 1 N–H and O–H groups in total. The first-order valence-electron chi connectivity index (χ1n) is 6.05. The number of hydrogen-bond acceptors (Lipinski definition) is 5. The summed E-state index contributed by atoms with van der Waals surface area (Å²) < 4.78 is 0. The van der Waals surface area contributed by atoms with E-state index in [1.807, 2.05) is 6.92 Å². The van der Waals surface area contributed by atoms with Crippen LogP contribution in [0, 0.1) is 5.92 Å². The van der Waals surface area contributed by atoms with Crippen LogP contribution in [-0.4, -0.2) is 40.0 Å². The molecule has 0 aromatic carbocycles. The molecule has 0 bridgehead atoms. The van der Waals surface area contributed by atoms with Crippen LogP contribution in [0.2, 0.25) is 0 Å². The van der Waals surface area contributed by atoms with E-state index in [-0.39, 0.29) is 17.7 Å². The van der Waals surface area contributed by atoms with Crippen LogP contribution >= 0.6 is 11.3 Å². The lowest BCUT2D eigenvalue weighted by atomic mass is 9.97. The van der Waals surface area contributed by atoms with E-state index in [4.69, 9.17) is 0 Å². The number of amides is 2. The van der Waals surface area contributed by atoms with Gasteiger partial charge in [-0.25, -0.2) is 0 Å². The molecule has 2 rings (SSSR count). The van der Waals surface area contributed by atoms with Gasteiger partial charge < -0.3 is 10.2 Å². The second kappa shape index (κ2) is 5.90. The van der Waals surface area contributed by atoms with Gasteiger partial charge in [0.25, 0.3) is 0 Å². The molecule has 98 valence electrons. The van der Waals surface area contributed by atoms with E-state index in [2.05, 4.69) is 15.5 Å². The van der Waals surface area contributed by atoms with Crippen molar-refractivity contribution in [3.8, 4) is 0 Å². The first-order chi connectivity index (χ1) is 8.70. The van der Waals surface area contributed by atoms with Crippen molar-refractivity contribution in [2.75, 3.05) is 18.4 Å². The first-order valence-corrected chi connectivity index (χ1v) is 6.93. The second-order valence-corrected chi connectivity index (χ2v) is 5.10. The van der Waals surface area contributed by atoms with Gasteiger partial charge in [0, 0.05) is 19.5 Å². The number of rotatable bonds is 3. The second-order valence-electron chi connectivity index (χ2n) is 4.27. The van der Waals surface area contributed by atoms with Crippen LogP contribution in [0.15, 0.2) is 5.51 Å². The molecule has 1 aromatic heterocycles. The molecule has 2 heterocycles. The molecule has 0 aliphatic carbocycles. The molecule has 0 saturated carbocycles. The summed E-state index contributed by atoms with van der Waals surface area (Å²) >= 11 is 1.29. The van der Waals surface area contributed by atoms with Crippen molar-refractivity contribution < 1.29 is 9.59 Å². The zero-order chi connectivity index (χ0) is 13.0. The van der Waals surface area contributed by atoms with Crippen LogP contribution in [0.1, 0.15) is 26.2 Å². The van der Waals surface area contributed by atoms with Gasteiger partial charge >= 0.3 is 0 Å². The van der Waals surface area contributed by atoms with E-state index in [1.165, 1.54) is 11.3 Å². The summed E-state index contributed by atoms with van der Waals surface area (Å²) in [6.07, 6.45) is 2.18. The van der Waals surface area contributed by atoms with E-state index in [1.54, 1.807) is 10.4 Å². The van der Waals surface area contributed by atoms with Crippen molar-refractivity contribution in [1.82, 2.24) is 15.1 Å². The maximum Gasteiger partial charge on any atom is 0.231 e. The smallest absolute Gasteiger partial charge is 0.231 e. The molecule has 1 aromatic rings.